The Balaban J connectivity index is 1.72. The number of para-hydroxylation sites is 1. The van der Waals surface area contributed by atoms with Crippen molar-refractivity contribution in [1.29, 1.82) is 0 Å². The predicted molar refractivity (Wildman–Crippen MR) is 136 cm³/mol. The number of benzene rings is 2. The number of aromatic nitrogens is 3. The number of rotatable bonds is 8. The summed E-state index contributed by atoms with van der Waals surface area (Å²) in [6.07, 6.45) is 2.75. The van der Waals surface area contributed by atoms with Crippen molar-refractivity contribution in [3.63, 3.8) is 0 Å². The number of ketones is 1. The summed E-state index contributed by atoms with van der Waals surface area (Å²) in [5.41, 5.74) is 5.08. The Morgan fingerprint density at radius 1 is 1.12 bits per heavy atom. The summed E-state index contributed by atoms with van der Waals surface area (Å²) in [7, 11) is 0. The molecular weight excluding hydrogens is 430 g/mol. The molecule has 2 aromatic heterocycles. The lowest BCUT2D eigenvalue weighted by Crippen LogP contribution is -2.22. The molecule has 4 rings (SSSR count). The van der Waals surface area contributed by atoms with Crippen molar-refractivity contribution < 1.29 is 4.79 Å². The van der Waals surface area contributed by atoms with Crippen molar-refractivity contribution >= 4 is 28.4 Å². The summed E-state index contributed by atoms with van der Waals surface area (Å²) >= 11 is 1.29. The highest BCUT2D eigenvalue weighted by Gasteiger charge is 2.18. The van der Waals surface area contributed by atoms with Crippen LogP contribution in [0.5, 0.6) is 0 Å². The molecule has 6 heteroatoms. The zero-order valence-corrected chi connectivity index (χ0v) is 20.0. The molecule has 0 bridgehead atoms. The van der Waals surface area contributed by atoms with E-state index in [-0.39, 0.29) is 17.1 Å². The van der Waals surface area contributed by atoms with Gasteiger partial charge in [-0.25, -0.2) is 4.98 Å². The zero-order valence-electron chi connectivity index (χ0n) is 19.2. The molecule has 4 aromatic rings. The van der Waals surface area contributed by atoms with Crippen LogP contribution in [0.1, 0.15) is 34.2 Å². The molecule has 33 heavy (non-hydrogen) atoms. The lowest BCUT2D eigenvalue weighted by atomic mass is 10.1. The number of allylic oxidation sites excluding steroid dienone is 1. The second-order valence-corrected chi connectivity index (χ2v) is 8.91. The highest BCUT2D eigenvalue weighted by molar-refractivity contribution is 7.99. The molecule has 0 radical (unpaired) electrons. The zero-order chi connectivity index (χ0) is 23.5. The Morgan fingerprint density at radius 2 is 1.85 bits per heavy atom. The van der Waals surface area contributed by atoms with E-state index in [1.165, 1.54) is 17.3 Å². The fraction of sp³-hybridized carbons (Fsp3) is 0.222. The maximum atomic E-state index is 13.4. The van der Waals surface area contributed by atoms with Crippen molar-refractivity contribution in [3.05, 3.63) is 100 Å². The molecule has 0 saturated carbocycles. The van der Waals surface area contributed by atoms with Gasteiger partial charge in [0.15, 0.2) is 10.9 Å². The van der Waals surface area contributed by atoms with Gasteiger partial charge in [0, 0.05) is 23.5 Å². The van der Waals surface area contributed by atoms with Gasteiger partial charge < -0.3 is 4.57 Å². The third kappa shape index (κ3) is 4.44. The Morgan fingerprint density at radius 3 is 2.55 bits per heavy atom. The van der Waals surface area contributed by atoms with Gasteiger partial charge in [-0.2, -0.15) is 0 Å². The van der Waals surface area contributed by atoms with Crippen LogP contribution in [0.15, 0.2) is 77.2 Å². The van der Waals surface area contributed by atoms with E-state index >= 15 is 0 Å². The first-order valence-electron chi connectivity index (χ1n) is 11.0. The van der Waals surface area contributed by atoms with Gasteiger partial charge in [0.1, 0.15) is 0 Å². The third-order valence-electron chi connectivity index (χ3n) is 5.87. The average Bonchev–Trinajstić information content (AvgIpc) is 3.11. The van der Waals surface area contributed by atoms with Crippen LogP contribution in [0.4, 0.5) is 0 Å². The minimum Gasteiger partial charge on any atom is -0.345 e. The molecule has 0 atom stereocenters. The lowest BCUT2D eigenvalue weighted by Gasteiger charge is -2.13. The molecule has 0 aliphatic carbocycles. The van der Waals surface area contributed by atoms with Crippen LogP contribution >= 0.6 is 11.8 Å². The van der Waals surface area contributed by atoms with Crippen LogP contribution in [0.3, 0.4) is 0 Å². The molecule has 0 aliphatic rings. The van der Waals surface area contributed by atoms with Crippen LogP contribution in [0.2, 0.25) is 0 Å². The van der Waals surface area contributed by atoms with Crippen molar-refractivity contribution in [1.82, 2.24) is 14.1 Å². The number of fused-ring (bicyclic) bond motifs is 1. The van der Waals surface area contributed by atoms with E-state index < -0.39 is 0 Å². The molecule has 2 heterocycles. The van der Waals surface area contributed by atoms with Gasteiger partial charge in [0.05, 0.1) is 22.3 Å². The largest absolute Gasteiger partial charge is 0.345 e. The van der Waals surface area contributed by atoms with Crippen LogP contribution in [-0.4, -0.2) is 25.7 Å². The summed E-state index contributed by atoms with van der Waals surface area (Å²) in [5, 5.41) is 1.07. The normalized spacial score (nSPS) is 11.1. The fourth-order valence-electron chi connectivity index (χ4n) is 4.02. The topological polar surface area (TPSA) is 56.9 Å². The number of thioether (sulfide) groups is 1. The molecule has 0 unspecified atom stereocenters. The molecule has 168 valence electrons. The summed E-state index contributed by atoms with van der Waals surface area (Å²) in [6, 6.07) is 17.2. The maximum Gasteiger partial charge on any atom is 0.266 e. The maximum absolute atomic E-state index is 13.4. The van der Waals surface area contributed by atoms with Gasteiger partial charge in [-0.3, -0.25) is 14.2 Å². The van der Waals surface area contributed by atoms with E-state index in [1.54, 1.807) is 10.6 Å². The van der Waals surface area contributed by atoms with Gasteiger partial charge >= 0.3 is 0 Å². The lowest BCUT2D eigenvalue weighted by molar-refractivity contribution is 0.102. The Bertz CT molecular complexity index is 1400. The van der Waals surface area contributed by atoms with Crippen LogP contribution < -0.4 is 5.56 Å². The first-order chi connectivity index (χ1) is 15.9. The molecule has 0 amide bonds. The van der Waals surface area contributed by atoms with E-state index in [2.05, 4.69) is 18.1 Å². The predicted octanol–water partition coefficient (Wildman–Crippen LogP) is 5.53. The van der Waals surface area contributed by atoms with Gasteiger partial charge in [-0.15, -0.1) is 6.58 Å². The average molecular weight is 458 g/mol. The number of hydrogen-bond donors (Lipinski definition) is 0. The number of hydrogen-bond acceptors (Lipinski definition) is 4. The highest BCUT2D eigenvalue weighted by atomic mass is 32.2. The highest BCUT2D eigenvalue weighted by Crippen LogP contribution is 2.24. The van der Waals surface area contributed by atoms with Gasteiger partial charge in [-0.1, -0.05) is 49.0 Å². The van der Waals surface area contributed by atoms with Crippen molar-refractivity contribution in [2.75, 3.05) is 5.75 Å². The van der Waals surface area contributed by atoms with Gasteiger partial charge in [0.25, 0.3) is 5.56 Å². The molecular formula is C27H27N3O2S. The Kier molecular flexibility index (Phi) is 6.65. The molecule has 2 aromatic carbocycles. The quantitative estimate of drug-likeness (QED) is 0.151. The van der Waals surface area contributed by atoms with Gasteiger partial charge in [0.2, 0.25) is 0 Å². The minimum absolute atomic E-state index is 0.0127. The standard InChI is InChI=1S/C27H27N3O2S/c1-5-15-29-18(3)16-23(19(29)4)25(31)17-33-27-28-24-10-8-7-9-22(24)26(32)30(27)21-13-11-20(6-2)12-14-21/h5,7-14,16H,1,6,15,17H2,2-4H3. The van der Waals surface area contributed by atoms with E-state index in [0.29, 0.717) is 28.2 Å². The van der Waals surface area contributed by atoms with Crippen molar-refractivity contribution in [2.24, 2.45) is 0 Å². The minimum atomic E-state index is -0.135. The molecule has 0 saturated heterocycles. The molecule has 0 spiro atoms. The first kappa shape index (κ1) is 22.8. The molecule has 5 nitrogen and oxygen atoms in total. The van der Waals surface area contributed by atoms with E-state index in [9.17, 15) is 9.59 Å². The van der Waals surface area contributed by atoms with E-state index in [4.69, 9.17) is 4.98 Å². The molecule has 0 aliphatic heterocycles. The monoisotopic (exact) mass is 457 g/mol. The first-order valence-corrected chi connectivity index (χ1v) is 12.0. The summed E-state index contributed by atoms with van der Waals surface area (Å²) in [4.78, 5) is 31.3. The summed E-state index contributed by atoms with van der Waals surface area (Å²) in [6.45, 7) is 10.5. The Labute approximate surface area is 197 Å². The summed E-state index contributed by atoms with van der Waals surface area (Å²) in [5.74, 6) is 0.203. The Hall–Kier alpha value is -3.38. The van der Waals surface area contributed by atoms with Gasteiger partial charge in [-0.05, 0) is 56.2 Å². The third-order valence-corrected chi connectivity index (χ3v) is 6.80. The second kappa shape index (κ2) is 9.63. The number of carbonyl (C=O) groups is 1. The fourth-order valence-corrected chi connectivity index (χ4v) is 4.91. The van der Waals surface area contributed by atoms with Crippen LogP contribution in [0.25, 0.3) is 16.6 Å². The van der Waals surface area contributed by atoms with Crippen molar-refractivity contribution in [3.8, 4) is 5.69 Å². The van der Waals surface area contributed by atoms with E-state index in [1.807, 2.05) is 68.5 Å². The SMILES string of the molecule is C=CCn1c(C)cc(C(=O)CSc2nc3ccccc3c(=O)n2-c2ccc(CC)cc2)c1C. The molecule has 0 fully saturated rings. The number of nitrogens with zero attached hydrogens (tertiary/aromatic N) is 3. The summed E-state index contributed by atoms with van der Waals surface area (Å²) < 4.78 is 3.69. The van der Waals surface area contributed by atoms with Crippen LogP contribution in [-0.2, 0) is 13.0 Å². The molecule has 0 N–H and O–H groups in total. The number of aryl methyl sites for hydroxylation is 2. The second-order valence-electron chi connectivity index (χ2n) is 7.97. The van der Waals surface area contributed by atoms with Crippen molar-refractivity contribution in [2.45, 2.75) is 38.9 Å². The smallest absolute Gasteiger partial charge is 0.266 e. The van der Waals surface area contributed by atoms with Crippen LogP contribution in [0, 0.1) is 13.8 Å². The number of Topliss-reactive ketones (excluding diaryl/α,β-unsaturated/α-hetero) is 1. The number of carbonyl (C=O) groups excluding carboxylic acids is 1. The van der Waals surface area contributed by atoms with E-state index in [0.717, 1.165) is 23.5 Å².